The van der Waals surface area contributed by atoms with E-state index in [1.54, 1.807) is 0 Å². The second-order valence-electron chi connectivity index (χ2n) is 10.1. The number of hydrogen-bond acceptors (Lipinski definition) is 2. The summed E-state index contributed by atoms with van der Waals surface area (Å²) in [5.41, 5.74) is 6.54. The Balaban J connectivity index is 1.36. The van der Waals surface area contributed by atoms with Gasteiger partial charge in [0.2, 0.25) is 0 Å². The van der Waals surface area contributed by atoms with Gasteiger partial charge in [0.05, 0.1) is 11.6 Å². The first kappa shape index (κ1) is 20.0. The van der Waals surface area contributed by atoms with Gasteiger partial charge >= 0.3 is 0 Å². The van der Waals surface area contributed by atoms with E-state index in [0.29, 0.717) is 11.8 Å². The number of fused-ring (bicyclic) bond motifs is 6. The molecule has 2 N–H and O–H groups in total. The van der Waals surface area contributed by atoms with Crippen molar-refractivity contribution in [2.24, 2.45) is 11.8 Å². The van der Waals surface area contributed by atoms with E-state index < -0.39 is 0 Å². The molecule has 1 saturated heterocycles. The van der Waals surface area contributed by atoms with Crippen LogP contribution in [0.4, 0.5) is 0 Å². The average Bonchev–Trinajstić information content (AvgIpc) is 3.19. The van der Waals surface area contributed by atoms with Crippen molar-refractivity contribution in [1.82, 2.24) is 9.88 Å². The quantitative estimate of drug-likeness (QED) is 0.532. The van der Waals surface area contributed by atoms with Crippen molar-refractivity contribution >= 4 is 17.0 Å². The van der Waals surface area contributed by atoms with Crippen molar-refractivity contribution in [2.75, 3.05) is 13.1 Å². The summed E-state index contributed by atoms with van der Waals surface area (Å²) < 4.78 is 0. The normalized spacial score (nSPS) is 31.2. The molecule has 0 spiro atoms. The fourth-order valence-electron chi connectivity index (χ4n) is 6.86. The lowest BCUT2D eigenvalue weighted by Gasteiger charge is -2.56. The van der Waals surface area contributed by atoms with E-state index in [2.05, 4.69) is 77.1 Å². The largest absolute Gasteiger partial charge is 0.389 e. The Hall–Kier alpha value is -2.62. The first-order chi connectivity index (χ1) is 15.7. The zero-order valence-corrected chi connectivity index (χ0v) is 18.6. The number of benzene rings is 2. The van der Waals surface area contributed by atoms with Crippen LogP contribution < -0.4 is 0 Å². The fraction of sp³-hybridized carbons (Fsp3) is 0.379. The van der Waals surface area contributed by atoms with Gasteiger partial charge in [-0.1, -0.05) is 60.7 Å². The Labute approximate surface area is 190 Å². The lowest BCUT2D eigenvalue weighted by molar-refractivity contribution is -0.0487. The molecule has 1 saturated carbocycles. The highest BCUT2D eigenvalue weighted by Crippen LogP contribution is 2.53. The van der Waals surface area contributed by atoms with Crippen LogP contribution in [0.3, 0.4) is 0 Å². The van der Waals surface area contributed by atoms with E-state index in [1.165, 1.54) is 33.3 Å². The molecule has 3 nitrogen and oxygen atoms in total. The van der Waals surface area contributed by atoms with E-state index in [0.717, 1.165) is 45.2 Å². The van der Waals surface area contributed by atoms with Crippen LogP contribution in [0.25, 0.3) is 17.0 Å². The number of hydrogen-bond donors (Lipinski definition) is 2. The lowest BCUT2D eigenvalue weighted by Crippen LogP contribution is -2.59. The Morgan fingerprint density at radius 2 is 1.91 bits per heavy atom. The van der Waals surface area contributed by atoms with Gasteiger partial charge in [-0.15, -0.1) is 6.58 Å². The van der Waals surface area contributed by atoms with Gasteiger partial charge in [-0.25, -0.2) is 0 Å². The van der Waals surface area contributed by atoms with Crippen LogP contribution >= 0.6 is 0 Å². The zero-order valence-electron chi connectivity index (χ0n) is 18.6. The Bertz CT molecular complexity index is 1180. The molecule has 0 bridgehead atoms. The van der Waals surface area contributed by atoms with Gasteiger partial charge in [-0.2, -0.15) is 0 Å². The zero-order chi connectivity index (χ0) is 21.7. The maximum Gasteiger partial charge on any atom is 0.0756 e. The molecule has 0 unspecified atom stereocenters. The molecule has 0 radical (unpaired) electrons. The maximum atomic E-state index is 11.1. The summed E-state index contributed by atoms with van der Waals surface area (Å²) in [5.74, 6) is 1.14. The van der Waals surface area contributed by atoms with Crippen LogP contribution in [0.15, 0.2) is 72.8 Å². The third kappa shape index (κ3) is 3.10. The SMILES string of the molecule is C=CC[C@@]12C[C@@H]3C[C@H](O)/C(=C\c4ccccc4)C[C@H]3CN1CCc1c2[nH]c2ccccc12. The highest BCUT2D eigenvalue weighted by Gasteiger charge is 2.51. The number of nitrogens with zero attached hydrogens (tertiary/aromatic N) is 1. The van der Waals surface area contributed by atoms with Crippen LogP contribution in [-0.4, -0.2) is 34.2 Å². The molecule has 32 heavy (non-hydrogen) atoms. The standard InChI is InChI=1S/C29H32N2O/c1-2-13-29-18-22-17-27(32)21(15-20-8-4-3-5-9-20)16-23(22)19-31(29)14-12-25-24-10-6-7-11-26(24)30-28(25)29/h2-11,15,22-23,27,30,32H,1,12-14,16-19H2/b21-15-/t22-,23-,27-,29-/m0/s1. The van der Waals surface area contributed by atoms with Crippen LogP contribution in [0.2, 0.25) is 0 Å². The van der Waals surface area contributed by atoms with E-state index in [1.807, 2.05) is 6.07 Å². The molecule has 1 aromatic heterocycles. The maximum absolute atomic E-state index is 11.1. The summed E-state index contributed by atoms with van der Waals surface area (Å²) in [7, 11) is 0. The number of nitrogens with one attached hydrogen (secondary N) is 1. The molecule has 3 aliphatic rings. The monoisotopic (exact) mass is 424 g/mol. The van der Waals surface area contributed by atoms with Gasteiger partial charge in [-0.05, 0) is 66.7 Å². The minimum Gasteiger partial charge on any atom is -0.389 e. The predicted octanol–water partition coefficient (Wildman–Crippen LogP) is 5.67. The second kappa shape index (κ2) is 7.75. The number of piperidine rings is 1. The van der Waals surface area contributed by atoms with Crippen LogP contribution in [0.5, 0.6) is 0 Å². The number of para-hydroxylation sites is 1. The molecule has 1 aliphatic carbocycles. The van der Waals surface area contributed by atoms with Crippen molar-refractivity contribution in [2.45, 2.75) is 43.7 Å². The lowest BCUT2D eigenvalue weighted by atomic mass is 9.63. The molecule has 4 atom stereocenters. The fourth-order valence-corrected chi connectivity index (χ4v) is 6.86. The number of aliphatic hydroxyl groups is 1. The third-order valence-electron chi connectivity index (χ3n) is 8.32. The van der Waals surface area contributed by atoms with Gasteiger partial charge < -0.3 is 10.1 Å². The molecule has 2 aliphatic heterocycles. The van der Waals surface area contributed by atoms with Gasteiger partial charge in [0.15, 0.2) is 0 Å². The van der Waals surface area contributed by atoms with Crippen molar-refractivity contribution in [3.05, 3.63) is 89.6 Å². The summed E-state index contributed by atoms with van der Waals surface area (Å²) in [4.78, 5) is 6.57. The Morgan fingerprint density at radius 1 is 1.09 bits per heavy atom. The highest BCUT2D eigenvalue weighted by molar-refractivity contribution is 5.85. The topological polar surface area (TPSA) is 39.3 Å². The molecule has 164 valence electrons. The van der Waals surface area contributed by atoms with Crippen molar-refractivity contribution in [3.63, 3.8) is 0 Å². The number of aromatic amines is 1. The number of aromatic nitrogens is 1. The van der Waals surface area contributed by atoms with Gasteiger partial charge in [-0.3, -0.25) is 4.90 Å². The summed E-state index contributed by atoms with van der Waals surface area (Å²) in [6.07, 6.45) is 9.01. The average molecular weight is 425 g/mol. The summed E-state index contributed by atoms with van der Waals surface area (Å²) >= 11 is 0. The Morgan fingerprint density at radius 3 is 2.75 bits per heavy atom. The van der Waals surface area contributed by atoms with Gasteiger partial charge in [0.25, 0.3) is 0 Å². The van der Waals surface area contributed by atoms with Gasteiger partial charge in [0, 0.05) is 29.7 Å². The first-order valence-electron chi connectivity index (χ1n) is 12.1. The molecule has 2 fully saturated rings. The molecular formula is C29H32N2O. The molecule has 2 aromatic carbocycles. The third-order valence-corrected chi connectivity index (χ3v) is 8.32. The smallest absolute Gasteiger partial charge is 0.0756 e. The number of aliphatic hydroxyl groups excluding tert-OH is 1. The molecular weight excluding hydrogens is 392 g/mol. The minimum absolute atomic E-state index is 0.0180. The highest BCUT2D eigenvalue weighted by atomic mass is 16.3. The molecule has 6 rings (SSSR count). The molecule has 3 aromatic rings. The summed E-state index contributed by atoms with van der Waals surface area (Å²) in [6.45, 7) is 6.35. The van der Waals surface area contributed by atoms with E-state index in [9.17, 15) is 5.11 Å². The van der Waals surface area contributed by atoms with E-state index >= 15 is 0 Å². The van der Waals surface area contributed by atoms with E-state index in [-0.39, 0.29) is 11.6 Å². The van der Waals surface area contributed by atoms with Gasteiger partial charge in [0.1, 0.15) is 0 Å². The van der Waals surface area contributed by atoms with Crippen LogP contribution in [0, 0.1) is 11.8 Å². The second-order valence-corrected chi connectivity index (χ2v) is 10.1. The van der Waals surface area contributed by atoms with Crippen LogP contribution in [-0.2, 0) is 12.0 Å². The first-order valence-corrected chi connectivity index (χ1v) is 12.1. The Kier molecular flexibility index (Phi) is 4.85. The van der Waals surface area contributed by atoms with E-state index in [4.69, 9.17) is 0 Å². The molecule has 0 amide bonds. The molecule has 3 heteroatoms. The minimum atomic E-state index is -0.338. The summed E-state index contributed by atoms with van der Waals surface area (Å²) in [6, 6.07) is 19.2. The number of H-pyrrole nitrogens is 1. The predicted molar refractivity (Wildman–Crippen MR) is 131 cm³/mol. The van der Waals surface area contributed by atoms with Crippen molar-refractivity contribution in [3.8, 4) is 0 Å². The number of rotatable bonds is 3. The molecule has 3 heterocycles. The summed E-state index contributed by atoms with van der Waals surface area (Å²) in [5, 5.41) is 12.5. The van der Waals surface area contributed by atoms with Crippen molar-refractivity contribution in [1.29, 1.82) is 0 Å². The van der Waals surface area contributed by atoms with Crippen molar-refractivity contribution < 1.29 is 5.11 Å². The van der Waals surface area contributed by atoms with Crippen LogP contribution in [0.1, 0.15) is 42.5 Å².